The number of rotatable bonds is 6. The molecule has 0 saturated carbocycles. The molecule has 5 aromatic rings. The summed E-state index contributed by atoms with van der Waals surface area (Å²) in [5.41, 5.74) is 7.90. The van der Waals surface area contributed by atoms with E-state index in [0.717, 1.165) is 74.3 Å². The van der Waals surface area contributed by atoms with Crippen LogP contribution in [0.5, 0.6) is 0 Å². The number of hydrogen-bond donors (Lipinski definition) is 2. The fourth-order valence-corrected chi connectivity index (χ4v) is 5.20. The van der Waals surface area contributed by atoms with Crippen LogP contribution in [0.15, 0.2) is 97.1 Å². The number of pyridine rings is 1. The molecule has 2 N–H and O–H groups in total. The van der Waals surface area contributed by atoms with Gasteiger partial charge in [0.2, 0.25) is 0 Å². The van der Waals surface area contributed by atoms with Gasteiger partial charge in [0.15, 0.2) is 0 Å². The smallest absolute Gasteiger partial charge is 0.137 e. The van der Waals surface area contributed by atoms with E-state index >= 15 is 0 Å². The molecule has 0 radical (unpaired) electrons. The van der Waals surface area contributed by atoms with E-state index in [9.17, 15) is 10.2 Å². The molecule has 5 nitrogen and oxygen atoms in total. The van der Waals surface area contributed by atoms with E-state index in [4.69, 9.17) is 9.72 Å². The van der Waals surface area contributed by atoms with Crippen LogP contribution in [0.1, 0.15) is 11.1 Å². The maximum atomic E-state index is 9.98. The van der Waals surface area contributed by atoms with Crippen LogP contribution in [0.2, 0.25) is 0 Å². The second kappa shape index (κ2) is 10.8. The second-order valence-electron chi connectivity index (χ2n) is 9.62. The van der Waals surface area contributed by atoms with Crippen molar-refractivity contribution in [3.05, 3.63) is 108 Å². The average Bonchev–Trinajstić information content (AvgIpc) is 3.00. The third-order valence-corrected chi connectivity index (χ3v) is 7.23. The van der Waals surface area contributed by atoms with Gasteiger partial charge in [-0.3, -0.25) is 0 Å². The maximum absolute atomic E-state index is 9.98. The molecule has 0 bridgehead atoms. The number of aromatic nitrogens is 1. The van der Waals surface area contributed by atoms with Crippen molar-refractivity contribution < 1.29 is 14.9 Å². The molecule has 0 spiro atoms. The molecule has 1 aromatic heterocycles. The number of fused-ring (bicyclic) bond motifs is 1. The first-order chi connectivity index (χ1) is 18.7. The predicted octanol–water partition coefficient (Wildman–Crippen LogP) is 6.06. The molecule has 38 heavy (non-hydrogen) atoms. The van der Waals surface area contributed by atoms with Crippen molar-refractivity contribution in [1.82, 2.24) is 4.98 Å². The van der Waals surface area contributed by atoms with E-state index in [1.165, 1.54) is 0 Å². The second-order valence-corrected chi connectivity index (χ2v) is 9.62. The summed E-state index contributed by atoms with van der Waals surface area (Å²) in [4.78, 5) is 7.48. The minimum absolute atomic E-state index is 0.127. The van der Waals surface area contributed by atoms with Crippen LogP contribution in [0.4, 0.5) is 5.82 Å². The molecule has 0 aliphatic carbocycles. The highest BCUT2D eigenvalue weighted by atomic mass is 16.5. The standard InChI is InChI=1S/C33H30N2O3/c36-21-29-18-27-20-32(34-33(31(27)19-30(29)22-37)35-11-13-38-14-12-35)28-16-25(23-7-3-1-4-8-23)15-26(17-28)24-9-5-2-6-10-24/h1-10,15-20,36-37H,11-14,21-22H2. The number of benzene rings is 4. The molecule has 5 heteroatoms. The van der Waals surface area contributed by atoms with E-state index < -0.39 is 0 Å². The fourth-order valence-electron chi connectivity index (χ4n) is 5.20. The summed E-state index contributed by atoms with van der Waals surface area (Å²) in [7, 11) is 0. The van der Waals surface area contributed by atoms with Gasteiger partial charge in [-0.15, -0.1) is 0 Å². The SMILES string of the molecule is OCc1cc2cc(-c3cc(-c4ccccc4)cc(-c4ccccc4)c3)nc(N3CCOCC3)c2cc1CO. The third kappa shape index (κ3) is 4.79. The van der Waals surface area contributed by atoms with E-state index in [0.29, 0.717) is 13.2 Å². The van der Waals surface area contributed by atoms with Gasteiger partial charge in [0, 0.05) is 24.0 Å². The Morgan fingerprint density at radius 1 is 0.632 bits per heavy atom. The molecule has 0 amide bonds. The van der Waals surface area contributed by atoms with Crippen LogP contribution in [0.3, 0.4) is 0 Å². The summed E-state index contributed by atoms with van der Waals surface area (Å²) >= 11 is 0. The van der Waals surface area contributed by atoms with Gasteiger partial charge in [-0.2, -0.15) is 0 Å². The first-order valence-electron chi connectivity index (χ1n) is 13.0. The summed E-state index contributed by atoms with van der Waals surface area (Å²) < 4.78 is 5.62. The van der Waals surface area contributed by atoms with Crippen LogP contribution in [0.25, 0.3) is 44.3 Å². The van der Waals surface area contributed by atoms with Gasteiger partial charge in [0.25, 0.3) is 0 Å². The van der Waals surface area contributed by atoms with Crippen LogP contribution in [0, 0.1) is 0 Å². The van der Waals surface area contributed by atoms with Gasteiger partial charge >= 0.3 is 0 Å². The molecule has 0 atom stereocenters. The van der Waals surface area contributed by atoms with Crippen molar-refractivity contribution in [1.29, 1.82) is 0 Å². The van der Waals surface area contributed by atoms with E-state index in [2.05, 4.69) is 77.7 Å². The largest absolute Gasteiger partial charge is 0.392 e. The van der Waals surface area contributed by atoms with Gasteiger partial charge in [-0.05, 0) is 75.2 Å². The highest BCUT2D eigenvalue weighted by Gasteiger charge is 2.19. The quantitative estimate of drug-likeness (QED) is 0.296. The minimum Gasteiger partial charge on any atom is -0.392 e. The number of ether oxygens (including phenoxy) is 1. The Kier molecular flexibility index (Phi) is 6.88. The number of nitrogens with zero attached hydrogens (tertiary/aromatic N) is 2. The normalized spacial score (nSPS) is 13.7. The number of morpholine rings is 1. The summed E-state index contributed by atoms with van der Waals surface area (Å²) in [6, 6.07) is 33.5. The molecule has 4 aromatic carbocycles. The van der Waals surface area contributed by atoms with Crippen molar-refractivity contribution >= 4 is 16.6 Å². The zero-order valence-corrected chi connectivity index (χ0v) is 21.2. The summed E-state index contributed by atoms with van der Waals surface area (Å²) in [5, 5.41) is 21.9. The Morgan fingerprint density at radius 3 is 1.76 bits per heavy atom. The number of hydrogen-bond acceptors (Lipinski definition) is 5. The lowest BCUT2D eigenvalue weighted by molar-refractivity contribution is 0.122. The van der Waals surface area contributed by atoms with Gasteiger partial charge in [0.05, 0.1) is 32.1 Å². The monoisotopic (exact) mass is 502 g/mol. The van der Waals surface area contributed by atoms with Crippen molar-refractivity contribution in [2.45, 2.75) is 13.2 Å². The lowest BCUT2D eigenvalue weighted by Gasteiger charge is -2.29. The zero-order chi connectivity index (χ0) is 25.9. The molecule has 6 rings (SSSR count). The van der Waals surface area contributed by atoms with Gasteiger partial charge in [-0.1, -0.05) is 60.7 Å². The van der Waals surface area contributed by atoms with Crippen LogP contribution in [-0.2, 0) is 18.0 Å². The predicted molar refractivity (Wildman–Crippen MR) is 153 cm³/mol. The zero-order valence-electron chi connectivity index (χ0n) is 21.2. The highest BCUT2D eigenvalue weighted by Crippen LogP contribution is 2.36. The topological polar surface area (TPSA) is 65.8 Å². The Hall–Kier alpha value is -4.03. The Morgan fingerprint density at radius 2 is 1.18 bits per heavy atom. The molecule has 0 unspecified atom stereocenters. The average molecular weight is 503 g/mol. The van der Waals surface area contributed by atoms with Gasteiger partial charge in [-0.25, -0.2) is 4.98 Å². The van der Waals surface area contributed by atoms with E-state index in [1.54, 1.807) is 0 Å². The molecule has 1 saturated heterocycles. The lowest BCUT2D eigenvalue weighted by Crippen LogP contribution is -2.37. The molecule has 1 aliphatic heterocycles. The van der Waals surface area contributed by atoms with Crippen LogP contribution in [-0.4, -0.2) is 41.5 Å². The maximum Gasteiger partial charge on any atom is 0.137 e. The van der Waals surface area contributed by atoms with Crippen molar-refractivity contribution in [2.75, 3.05) is 31.2 Å². The number of aliphatic hydroxyl groups is 2. The molecule has 1 aliphatic rings. The van der Waals surface area contributed by atoms with Crippen LogP contribution >= 0.6 is 0 Å². The summed E-state index contributed by atoms with van der Waals surface area (Å²) in [5.74, 6) is 0.881. The minimum atomic E-state index is -0.129. The number of aliphatic hydroxyl groups excluding tert-OH is 2. The van der Waals surface area contributed by atoms with Crippen molar-refractivity contribution in [3.63, 3.8) is 0 Å². The Labute approximate surface area is 222 Å². The van der Waals surface area contributed by atoms with Gasteiger partial charge < -0.3 is 19.8 Å². The van der Waals surface area contributed by atoms with E-state index in [-0.39, 0.29) is 13.2 Å². The fraction of sp³-hybridized carbons (Fsp3) is 0.182. The Bertz CT molecular complexity index is 1500. The molecular weight excluding hydrogens is 472 g/mol. The molecule has 2 heterocycles. The van der Waals surface area contributed by atoms with E-state index in [1.807, 2.05) is 24.3 Å². The first-order valence-corrected chi connectivity index (χ1v) is 13.0. The summed E-state index contributed by atoms with van der Waals surface area (Å²) in [6.45, 7) is 2.54. The molecule has 1 fully saturated rings. The van der Waals surface area contributed by atoms with Crippen molar-refractivity contribution in [3.8, 4) is 33.5 Å². The molecule has 190 valence electrons. The highest BCUT2D eigenvalue weighted by molar-refractivity contribution is 5.96. The number of anilines is 1. The first kappa shape index (κ1) is 24.3. The van der Waals surface area contributed by atoms with Crippen molar-refractivity contribution in [2.24, 2.45) is 0 Å². The molecular formula is C33H30N2O3. The third-order valence-electron chi connectivity index (χ3n) is 7.23. The van der Waals surface area contributed by atoms with Gasteiger partial charge in [0.1, 0.15) is 5.82 Å². The Balaban J connectivity index is 1.59. The lowest BCUT2D eigenvalue weighted by atomic mass is 9.94. The van der Waals surface area contributed by atoms with Crippen LogP contribution < -0.4 is 4.90 Å². The summed E-state index contributed by atoms with van der Waals surface area (Å²) in [6.07, 6.45) is 0.